The van der Waals surface area contributed by atoms with Crippen molar-refractivity contribution in [3.05, 3.63) is 35.4 Å². The normalized spacial score (nSPS) is 21.4. The van der Waals surface area contributed by atoms with Gasteiger partial charge in [0.1, 0.15) is 0 Å². The van der Waals surface area contributed by atoms with Gasteiger partial charge in [0.15, 0.2) is 5.96 Å². The minimum atomic E-state index is -4.34. The van der Waals surface area contributed by atoms with Gasteiger partial charge < -0.3 is 16.0 Å². The highest BCUT2D eigenvalue weighted by Crippen LogP contribution is 2.45. The first-order valence-corrected chi connectivity index (χ1v) is 9.82. The first-order valence-electron chi connectivity index (χ1n) is 9.82. The zero-order valence-corrected chi connectivity index (χ0v) is 18.8. The second kappa shape index (κ2) is 9.99. The summed E-state index contributed by atoms with van der Waals surface area (Å²) in [7, 11) is 0. The van der Waals surface area contributed by atoms with Crippen LogP contribution in [0.4, 0.5) is 13.2 Å². The zero-order chi connectivity index (χ0) is 20.2. The van der Waals surface area contributed by atoms with Crippen LogP contribution >= 0.6 is 24.0 Å². The molecule has 1 atom stereocenters. The molecule has 29 heavy (non-hydrogen) atoms. The molecule has 3 N–H and O–H groups in total. The lowest BCUT2D eigenvalue weighted by molar-refractivity contribution is -0.137. The summed E-state index contributed by atoms with van der Waals surface area (Å²) >= 11 is 0. The third kappa shape index (κ3) is 5.99. The molecule has 2 aliphatic rings. The lowest BCUT2D eigenvalue weighted by Gasteiger charge is -2.41. The van der Waals surface area contributed by atoms with Crippen LogP contribution in [0.25, 0.3) is 0 Å². The minimum absolute atomic E-state index is 0. The maximum Gasteiger partial charge on any atom is 0.416 e. The number of hydrogen-bond acceptors (Lipinski definition) is 2. The van der Waals surface area contributed by atoms with Gasteiger partial charge in [-0.2, -0.15) is 13.2 Å². The Morgan fingerprint density at radius 2 is 2.10 bits per heavy atom. The lowest BCUT2D eigenvalue weighted by atomic mass is 9.64. The van der Waals surface area contributed by atoms with Gasteiger partial charge in [-0.3, -0.25) is 9.79 Å². The summed E-state index contributed by atoms with van der Waals surface area (Å²) in [6, 6.07) is 5.74. The molecule has 1 aliphatic heterocycles. The average molecular weight is 524 g/mol. The summed E-state index contributed by atoms with van der Waals surface area (Å²) in [6.45, 7) is 3.62. The third-order valence-electron chi connectivity index (χ3n) is 5.60. The summed E-state index contributed by atoms with van der Waals surface area (Å²) in [5.74, 6) is 0.694. The number of nitrogens with zero attached hydrogens (tertiary/aromatic N) is 1. The maximum absolute atomic E-state index is 13.1. The molecule has 1 heterocycles. The standard InChI is InChI=1S/C20H27F3N4O.HI/c1-2-24-18(27-16-7-8-17(28)25-12-16)26-13-19(9-4-10-19)14-5-3-6-15(11-14)20(21,22)23;/h3,5-6,11,16H,2,4,7-10,12-13H2,1H3,(H,25,28)(H2,24,26,27);1H. The van der Waals surface area contributed by atoms with E-state index in [0.717, 1.165) is 31.7 Å². The molecule has 2 fully saturated rings. The molecular weight excluding hydrogens is 496 g/mol. The molecule has 1 aromatic rings. The second-order valence-electron chi connectivity index (χ2n) is 7.59. The Balaban J connectivity index is 0.00000300. The van der Waals surface area contributed by atoms with Gasteiger partial charge in [-0.25, -0.2) is 0 Å². The number of carbonyl (C=O) groups is 1. The van der Waals surface area contributed by atoms with Crippen molar-refractivity contribution in [3.8, 4) is 0 Å². The Morgan fingerprint density at radius 3 is 2.66 bits per heavy atom. The van der Waals surface area contributed by atoms with E-state index in [4.69, 9.17) is 0 Å². The number of hydrogen-bond donors (Lipinski definition) is 3. The van der Waals surface area contributed by atoms with Crippen molar-refractivity contribution < 1.29 is 18.0 Å². The van der Waals surface area contributed by atoms with E-state index in [1.54, 1.807) is 6.07 Å². The SMILES string of the molecule is CCNC(=NCC1(c2cccc(C(F)(F)F)c2)CCC1)NC1CCC(=O)NC1.I. The number of piperidine rings is 1. The molecule has 0 aromatic heterocycles. The first-order chi connectivity index (χ1) is 13.3. The molecule has 1 unspecified atom stereocenters. The number of halogens is 4. The van der Waals surface area contributed by atoms with Crippen LogP contribution in [0.2, 0.25) is 0 Å². The van der Waals surface area contributed by atoms with Gasteiger partial charge in [0, 0.05) is 31.0 Å². The van der Waals surface area contributed by atoms with Crippen molar-refractivity contribution in [2.24, 2.45) is 4.99 Å². The van der Waals surface area contributed by atoms with E-state index in [1.807, 2.05) is 6.92 Å². The molecule has 3 rings (SSSR count). The largest absolute Gasteiger partial charge is 0.416 e. The summed E-state index contributed by atoms with van der Waals surface area (Å²) in [4.78, 5) is 16.0. The number of aliphatic imine (C=N–C) groups is 1. The number of benzene rings is 1. The van der Waals surface area contributed by atoms with E-state index < -0.39 is 11.7 Å². The molecule has 1 aromatic carbocycles. The molecule has 1 amide bonds. The number of nitrogens with one attached hydrogen (secondary N) is 3. The summed E-state index contributed by atoms with van der Waals surface area (Å²) in [5.41, 5.74) is -0.244. The van der Waals surface area contributed by atoms with Gasteiger partial charge in [-0.15, -0.1) is 24.0 Å². The average Bonchev–Trinajstić information content (AvgIpc) is 2.62. The van der Waals surface area contributed by atoms with Gasteiger partial charge in [-0.05, 0) is 37.8 Å². The van der Waals surface area contributed by atoms with Gasteiger partial charge in [-0.1, -0.05) is 24.6 Å². The van der Waals surface area contributed by atoms with E-state index in [9.17, 15) is 18.0 Å². The Morgan fingerprint density at radius 1 is 1.34 bits per heavy atom. The van der Waals surface area contributed by atoms with Crippen LogP contribution in [0.1, 0.15) is 50.2 Å². The first kappa shape index (κ1) is 23.8. The molecular formula is C20H28F3IN4O. The molecule has 9 heteroatoms. The van der Waals surface area contributed by atoms with Crippen molar-refractivity contribution in [1.29, 1.82) is 0 Å². The van der Waals surface area contributed by atoms with E-state index in [0.29, 0.717) is 37.6 Å². The fourth-order valence-corrected chi connectivity index (χ4v) is 3.77. The van der Waals surface area contributed by atoms with Gasteiger partial charge in [0.2, 0.25) is 5.91 Å². The highest BCUT2D eigenvalue weighted by molar-refractivity contribution is 14.0. The van der Waals surface area contributed by atoms with Gasteiger partial charge >= 0.3 is 6.18 Å². The van der Waals surface area contributed by atoms with E-state index in [1.165, 1.54) is 12.1 Å². The Hall–Kier alpha value is -1.52. The van der Waals surface area contributed by atoms with Crippen LogP contribution in [0.5, 0.6) is 0 Å². The summed E-state index contributed by atoms with van der Waals surface area (Å²) in [6.07, 6.45) is -0.482. The highest BCUT2D eigenvalue weighted by Gasteiger charge is 2.40. The topological polar surface area (TPSA) is 65.5 Å². The van der Waals surface area contributed by atoms with Crippen molar-refractivity contribution in [3.63, 3.8) is 0 Å². The quantitative estimate of drug-likeness (QED) is 0.314. The van der Waals surface area contributed by atoms with Crippen LogP contribution in [0.15, 0.2) is 29.3 Å². The van der Waals surface area contributed by atoms with Crippen LogP contribution in [-0.2, 0) is 16.4 Å². The van der Waals surface area contributed by atoms with Crippen molar-refractivity contribution in [1.82, 2.24) is 16.0 Å². The molecule has 0 spiro atoms. The predicted octanol–water partition coefficient (Wildman–Crippen LogP) is 3.58. The predicted molar refractivity (Wildman–Crippen MR) is 118 cm³/mol. The van der Waals surface area contributed by atoms with Crippen LogP contribution < -0.4 is 16.0 Å². The number of amides is 1. The molecule has 1 saturated heterocycles. The summed E-state index contributed by atoms with van der Waals surface area (Å²) in [5, 5.41) is 9.35. The van der Waals surface area contributed by atoms with Crippen molar-refractivity contribution >= 4 is 35.8 Å². The number of alkyl halides is 3. The van der Waals surface area contributed by atoms with Crippen molar-refractivity contribution in [2.45, 2.75) is 56.7 Å². The maximum atomic E-state index is 13.1. The van der Waals surface area contributed by atoms with Gasteiger partial charge in [0.25, 0.3) is 0 Å². The monoisotopic (exact) mass is 524 g/mol. The molecule has 0 bridgehead atoms. The second-order valence-corrected chi connectivity index (χ2v) is 7.59. The fraction of sp³-hybridized carbons (Fsp3) is 0.600. The Bertz CT molecular complexity index is 725. The molecule has 0 radical (unpaired) electrons. The molecule has 1 aliphatic carbocycles. The Kier molecular flexibility index (Phi) is 8.18. The minimum Gasteiger partial charge on any atom is -0.357 e. The van der Waals surface area contributed by atoms with Gasteiger partial charge in [0.05, 0.1) is 12.1 Å². The Labute approximate surface area is 186 Å². The van der Waals surface area contributed by atoms with E-state index >= 15 is 0 Å². The van der Waals surface area contributed by atoms with E-state index in [-0.39, 0.29) is 41.3 Å². The summed E-state index contributed by atoms with van der Waals surface area (Å²) < 4.78 is 39.3. The third-order valence-corrected chi connectivity index (χ3v) is 5.60. The molecule has 1 saturated carbocycles. The number of carbonyl (C=O) groups excluding carboxylic acids is 1. The molecule has 5 nitrogen and oxygen atoms in total. The fourth-order valence-electron chi connectivity index (χ4n) is 3.77. The molecule has 162 valence electrons. The highest BCUT2D eigenvalue weighted by atomic mass is 127. The zero-order valence-electron chi connectivity index (χ0n) is 16.4. The number of guanidine groups is 1. The van der Waals surface area contributed by atoms with Crippen LogP contribution in [0, 0.1) is 0 Å². The number of rotatable bonds is 5. The van der Waals surface area contributed by atoms with Crippen molar-refractivity contribution in [2.75, 3.05) is 19.6 Å². The van der Waals surface area contributed by atoms with Crippen LogP contribution in [0.3, 0.4) is 0 Å². The van der Waals surface area contributed by atoms with Crippen LogP contribution in [-0.4, -0.2) is 37.5 Å². The lowest BCUT2D eigenvalue weighted by Crippen LogP contribution is -2.51. The smallest absolute Gasteiger partial charge is 0.357 e. The van der Waals surface area contributed by atoms with E-state index in [2.05, 4.69) is 20.9 Å².